The van der Waals surface area contributed by atoms with Crippen molar-refractivity contribution in [3.8, 4) is 0 Å². The third-order valence-corrected chi connectivity index (χ3v) is 2.60. The van der Waals surface area contributed by atoms with E-state index in [4.69, 9.17) is 10.5 Å². The number of methoxy groups -OCH3 is 1. The van der Waals surface area contributed by atoms with Crippen molar-refractivity contribution in [3.63, 3.8) is 0 Å². The molecule has 0 atom stereocenters. The number of nitrogen functional groups attached to an aromatic ring is 1. The molecule has 0 radical (unpaired) electrons. The first kappa shape index (κ1) is 15.9. The van der Waals surface area contributed by atoms with Gasteiger partial charge in [-0.2, -0.15) is 0 Å². The second-order valence-corrected chi connectivity index (χ2v) is 4.24. The smallest absolute Gasteiger partial charge is 0.254 e. The number of amides is 2. The summed E-state index contributed by atoms with van der Waals surface area (Å²) in [5, 5.41) is 2.60. The Hall–Kier alpha value is -2.15. The number of halogens is 1. The van der Waals surface area contributed by atoms with Crippen molar-refractivity contribution in [1.29, 1.82) is 0 Å². The number of nitrogens with one attached hydrogen (secondary N) is 1. The van der Waals surface area contributed by atoms with Gasteiger partial charge >= 0.3 is 0 Å². The summed E-state index contributed by atoms with van der Waals surface area (Å²) < 4.78 is 17.8. The van der Waals surface area contributed by atoms with Crippen molar-refractivity contribution in [2.75, 3.05) is 39.6 Å². The van der Waals surface area contributed by atoms with E-state index in [2.05, 4.69) is 5.32 Å². The lowest BCUT2D eigenvalue weighted by atomic mass is 10.1. The number of carbonyl (C=O) groups excluding carboxylic acids is 2. The van der Waals surface area contributed by atoms with Crippen LogP contribution in [-0.2, 0) is 9.53 Å². The van der Waals surface area contributed by atoms with Crippen molar-refractivity contribution in [1.82, 2.24) is 10.2 Å². The standard InChI is InChI=1S/C13H18FN3O3/c1-17(8-12(18)16-5-6-20-2)13(19)9-3-4-10(14)11(15)7-9/h3-4,7H,5-6,8,15H2,1-2H3,(H,16,18). The summed E-state index contributed by atoms with van der Waals surface area (Å²) in [6.45, 7) is 0.679. The lowest BCUT2D eigenvalue weighted by molar-refractivity contribution is -0.121. The Bertz CT molecular complexity index is 494. The van der Waals surface area contributed by atoms with Crippen LogP contribution in [0.3, 0.4) is 0 Å². The molecule has 1 aromatic rings. The van der Waals surface area contributed by atoms with Gasteiger partial charge in [0.15, 0.2) is 0 Å². The van der Waals surface area contributed by atoms with Crippen LogP contribution in [0.2, 0.25) is 0 Å². The predicted molar refractivity (Wildman–Crippen MR) is 72.7 cm³/mol. The Morgan fingerprint density at radius 3 is 2.75 bits per heavy atom. The zero-order chi connectivity index (χ0) is 15.1. The number of ether oxygens (including phenoxy) is 1. The van der Waals surface area contributed by atoms with Gasteiger partial charge in [0.2, 0.25) is 5.91 Å². The minimum Gasteiger partial charge on any atom is -0.396 e. The number of hydrogen-bond donors (Lipinski definition) is 2. The molecule has 0 saturated heterocycles. The summed E-state index contributed by atoms with van der Waals surface area (Å²) in [6.07, 6.45) is 0. The maximum Gasteiger partial charge on any atom is 0.254 e. The molecule has 0 fully saturated rings. The molecule has 0 aliphatic heterocycles. The average Bonchev–Trinajstić information content (AvgIpc) is 2.41. The van der Waals surface area contributed by atoms with Gasteiger partial charge in [-0.3, -0.25) is 9.59 Å². The van der Waals surface area contributed by atoms with Crippen LogP contribution in [-0.4, -0.2) is 50.6 Å². The third kappa shape index (κ3) is 4.51. The summed E-state index contributed by atoms with van der Waals surface area (Å²) in [6, 6.07) is 3.69. The molecule has 20 heavy (non-hydrogen) atoms. The van der Waals surface area contributed by atoms with Crippen LogP contribution in [0.15, 0.2) is 18.2 Å². The van der Waals surface area contributed by atoms with E-state index in [0.29, 0.717) is 13.2 Å². The van der Waals surface area contributed by atoms with Crippen LogP contribution < -0.4 is 11.1 Å². The normalized spacial score (nSPS) is 10.2. The van der Waals surface area contributed by atoms with Crippen LogP contribution in [0, 0.1) is 5.82 Å². The maximum atomic E-state index is 13.0. The van der Waals surface area contributed by atoms with Gasteiger partial charge < -0.3 is 20.7 Å². The van der Waals surface area contributed by atoms with E-state index in [0.717, 1.165) is 6.07 Å². The van der Waals surface area contributed by atoms with Crippen molar-refractivity contribution in [2.24, 2.45) is 0 Å². The molecular formula is C13H18FN3O3. The molecule has 0 aromatic heterocycles. The molecule has 110 valence electrons. The van der Waals surface area contributed by atoms with Crippen LogP contribution in [0.25, 0.3) is 0 Å². The lowest BCUT2D eigenvalue weighted by Crippen LogP contribution is -2.39. The molecular weight excluding hydrogens is 265 g/mol. The molecule has 2 amide bonds. The summed E-state index contributed by atoms with van der Waals surface area (Å²) in [4.78, 5) is 24.8. The Kier molecular flexibility index (Phi) is 5.92. The highest BCUT2D eigenvalue weighted by atomic mass is 19.1. The fourth-order valence-electron chi connectivity index (χ4n) is 1.53. The Balaban J connectivity index is 2.58. The number of carbonyl (C=O) groups is 2. The van der Waals surface area contributed by atoms with Gasteiger partial charge in [-0.05, 0) is 18.2 Å². The van der Waals surface area contributed by atoms with E-state index in [1.54, 1.807) is 0 Å². The number of anilines is 1. The van der Waals surface area contributed by atoms with Crippen molar-refractivity contribution in [3.05, 3.63) is 29.6 Å². The van der Waals surface area contributed by atoms with Crippen LogP contribution in [0.1, 0.15) is 10.4 Å². The SMILES string of the molecule is COCCNC(=O)CN(C)C(=O)c1ccc(F)c(N)c1. The highest BCUT2D eigenvalue weighted by molar-refractivity contribution is 5.97. The van der Waals surface area contributed by atoms with Crippen LogP contribution >= 0.6 is 0 Å². The van der Waals surface area contributed by atoms with Gasteiger partial charge in [-0.15, -0.1) is 0 Å². The minimum atomic E-state index is -0.582. The van der Waals surface area contributed by atoms with E-state index in [9.17, 15) is 14.0 Å². The molecule has 0 spiro atoms. The van der Waals surface area contributed by atoms with Crippen molar-refractivity contribution < 1.29 is 18.7 Å². The molecule has 0 aliphatic carbocycles. The molecule has 7 heteroatoms. The third-order valence-electron chi connectivity index (χ3n) is 2.60. The summed E-state index contributed by atoms with van der Waals surface area (Å²) in [5.74, 6) is -1.28. The van der Waals surface area contributed by atoms with E-state index >= 15 is 0 Å². The zero-order valence-electron chi connectivity index (χ0n) is 11.5. The van der Waals surface area contributed by atoms with Gasteiger partial charge in [0.25, 0.3) is 5.91 Å². The monoisotopic (exact) mass is 283 g/mol. The first-order chi connectivity index (χ1) is 9.45. The first-order valence-electron chi connectivity index (χ1n) is 6.02. The molecule has 0 heterocycles. The van der Waals surface area contributed by atoms with Gasteiger partial charge in [-0.1, -0.05) is 0 Å². The number of rotatable bonds is 6. The second kappa shape index (κ2) is 7.44. The quantitative estimate of drug-likeness (QED) is 0.578. The largest absolute Gasteiger partial charge is 0.396 e. The molecule has 0 bridgehead atoms. The van der Waals surface area contributed by atoms with Gasteiger partial charge in [0, 0.05) is 26.3 Å². The highest BCUT2D eigenvalue weighted by Gasteiger charge is 2.15. The van der Waals surface area contributed by atoms with Gasteiger partial charge in [0.1, 0.15) is 5.82 Å². The van der Waals surface area contributed by atoms with E-state index in [1.807, 2.05) is 0 Å². The van der Waals surface area contributed by atoms with E-state index in [-0.39, 0.29) is 23.7 Å². The lowest BCUT2D eigenvalue weighted by Gasteiger charge is -2.17. The van der Waals surface area contributed by atoms with Crippen LogP contribution in [0.4, 0.5) is 10.1 Å². The zero-order valence-corrected chi connectivity index (χ0v) is 11.5. The Morgan fingerprint density at radius 2 is 2.15 bits per heavy atom. The molecule has 1 rings (SSSR count). The number of hydrogen-bond acceptors (Lipinski definition) is 4. The molecule has 3 N–H and O–H groups in total. The number of likely N-dealkylation sites (N-methyl/N-ethyl adjacent to an activating group) is 1. The number of nitrogens with zero attached hydrogens (tertiary/aromatic N) is 1. The maximum absolute atomic E-state index is 13.0. The van der Waals surface area contributed by atoms with Gasteiger partial charge in [-0.25, -0.2) is 4.39 Å². The molecule has 6 nitrogen and oxygen atoms in total. The summed E-state index contributed by atoms with van der Waals surface area (Å²) in [7, 11) is 3.01. The van der Waals surface area contributed by atoms with E-state index < -0.39 is 11.7 Å². The second-order valence-electron chi connectivity index (χ2n) is 4.24. The summed E-state index contributed by atoms with van der Waals surface area (Å²) >= 11 is 0. The Labute approximate surface area is 116 Å². The first-order valence-corrected chi connectivity index (χ1v) is 6.02. The average molecular weight is 283 g/mol. The van der Waals surface area contributed by atoms with Crippen molar-refractivity contribution >= 4 is 17.5 Å². The Morgan fingerprint density at radius 1 is 1.45 bits per heavy atom. The van der Waals surface area contributed by atoms with Crippen molar-refractivity contribution in [2.45, 2.75) is 0 Å². The molecule has 0 unspecified atom stereocenters. The fraction of sp³-hybridized carbons (Fsp3) is 0.385. The minimum absolute atomic E-state index is 0.0974. The van der Waals surface area contributed by atoms with Gasteiger partial charge in [0.05, 0.1) is 18.8 Å². The molecule has 0 saturated carbocycles. The molecule has 0 aliphatic rings. The van der Waals surface area contributed by atoms with E-state index in [1.165, 1.54) is 31.2 Å². The fourth-order valence-corrected chi connectivity index (χ4v) is 1.53. The topological polar surface area (TPSA) is 84.7 Å². The predicted octanol–water partition coefficient (Wildman–Crippen LogP) is 0.243. The van der Waals surface area contributed by atoms with Crippen LogP contribution in [0.5, 0.6) is 0 Å². The molecule has 1 aromatic carbocycles. The summed E-state index contributed by atoms with van der Waals surface area (Å²) in [5.41, 5.74) is 5.53. The number of nitrogens with two attached hydrogens (primary N) is 1. The highest BCUT2D eigenvalue weighted by Crippen LogP contribution is 2.13. The number of benzene rings is 1.